The van der Waals surface area contributed by atoms with Gasteiger partial charge < -0.3 is 9.64 Å². The minimum Gasteiger partial charge on any atom is -0.455 e. The van der Waals surface area contributed by atoms with Crippen molar-refractivity contribution >= 4 is 42.7 Å². The van der Waals surface area contributed by atoms with E-state index in [0.29, 0.717) is 37.7 Å². The first-order valence-electron chi connectivity index (χ1n) is 10.9. The summed E-state index contributed by atoms with van der Waals surface area (Å²) in [6.45, 7) is 4.19. The van der Waals surface area contributed by atoms with Crippen LogP contribution in [0.3, 0.4) is 0 Å². The highest BCUT2D eigenvalue weighted by molar-refractivity contribution is 7.89. The molecule has 2 saturated heterocycles. The third-order valence-corrected chi connectivity index (χ3v) is 9.19. The van der Waals surface area contributed by atoms with E-state index >= 15 is 0 Å². The zero-order chi connectivity index (χ0) is 23.2. The lowest BCUT2D eigenvalue weighted by Gasteiger charge is -2.38. The molecule has 1 aromatic heterocycles. The average molecular weight is 490 g/mol. The molecule has 2 aliphatic rings. The molecule has 2 aromatic carbocycles. The quantitative estimate of drug-likeness (QED) is 0.506. The lowest BCUT2D eigenvalue weighted by molar-refractivity contribution is 0.0234. The van der Waals surface area contributed by atoms with Crippen molar-refractivity contribution in [1.82, 2.24) is 9.29 Å². The zero-order valence-electron chi connectivity index (χ0n) is 18.1. The molecule has 2 aliphatic heterocycles. The maximum absolute atomic E-state index is 13.4. The minimum atomic E-state index is -3.55. The van der Waals surface area contributed by atoms with Gasteiger partial charge in [0.25, 0.3) is 0 Å². The van der Waals surface area contributed by atoms with Crippen LogP contribution in [-0.2, 0) is 14.8 Å². The predicted octanol–water partition coefficient (Wildman–Crippen LogP) is 3.90. The van der Waals surface area contributed by atoms with E-state index in [4.69, 9.17) is 4.74 Å². The maximum atomic E-state index is 13.4. The Morgan fingerprint density at radius 2 is 1.82 bits per heavy atom. The highest BCUT2D eigenvalue weighted by Crippen LogP contribution is 2.32. The van der Waals surface area contributed by atoms with Gasteiger partial charge in [0.15, 0.2) is 5.13 Å². The Bertz CT molecular complexity index is 1280. The number of thiazole rings is 1. The van der Waals surface area contributed by atoms with E-state index in [1.807, 2.05) is 4.90 Å². The highest BCUT2D eigenvalue weighted by atomic mass is 32.2. The lowest BCUT2D eigenvalue weighted by atomic mass is 10.0. The number of benzene rings is 2. The van der Waals surface area contributed by atoms with Gasteiger partial charge in [0.1, 0.15) is 11.9 Å². The number of carbonyl (C=O) groups excluding carboxylic acids is 1. The van der Waals surface area contributed by atoms with Crippen LogP contribution in [0.15, 0.2) is 47.4 Å². The van der Waals surface area contributed by atoms with Crippen LogP contribution in [0.4, 0.5) is 9.52 Å². The molecule has 5 rings (SSSR count). The van der Waals surface area contributed by atoms with Gasteiger partial charge in [-0.25, -0.2) is 22.6 Å². The van der Waals surface area contributed by atoms with E-state index in [9.17, 15) is 17.6 Å². The molecule has 3 heterocycles. The Morgan fingerprint density at radius 1 is 1.12 bits per heavy atom. The molecule has 0 radical (unpaired) electrons. The second-order valence-electron chi connectivity index (χ2n) is 8.65. The van der Waals surface area contributed by atoms with Crippen molar-refractivity contribution in [3.05, 3.63) is 53.8 Å². The summed E-state index contributed by atoms with van der Waals surface area (Å²) in [5.41, 5.74) is 1.06. The monoisotopic (exact) mass is 489 g/mol. The standard InChI is InChI=1S/C23H24FN3O4S2/c1-15-8-10-27(11-9-15)33(29,30)19-5-2-16(3-6-19)22(28)31-18-13-26(14-18)23-25-20-7-4-17(24)12-21(20)32-23/h2-7,12,15,18H,8-11,13-14H2,1H3. The fourth-order valence-corrected chi connectivity index (χ4v) is 6.53. The molecule has 0 unspecified atom stereocenters. The molecule has 0 bridgehead atoms. The summed E-state index contributed by atoms with van der Waals surface area (Å²) in [6.07, 6.45) is 1.44. The molecule has 7 nitrogen and oxygen atoms in total. The number of aromatic nitrogens is 1. The molecule has 0 N–H and O–H groups in total. The van der Waals surface area contributed by atoms with Crippen molar-refractivity contribution in [2.45, 2.75) is 30.8 Å². The summed E-state index contributed by atoms with van der Waals surface area (Å²) in [5.74, 6) is -0.243. The fraction of sp³-hybridized carbons (Fsp3) is 0.391. The number of anilines is 1. The molecule has 33 heavy (non-hydrogen) atoms. The Hall–Kier alpha value is -2.56. The van der Waals surface area contributed by atoms with Crippen LogP contribution in [-0.4, -0.2) is 56.0 Å². The van der Waals surface area contributed by atoms with Crippen molar-refractivity contribution in [2.75, 3.05) is 31.1 Å². The molecule has 2 fully saturated rings. The van der Waals surface area contributed by atoms with Crippen LogP contribution >= 0.6 is 11.3 Å². The number of hydrogen-bond donors (Lipinski definition) is 0. The number of rotatable bonds is 5. The number of sulfonamides is 1. The van der Waals surface area contributed by atoms with Gasteiger partial charge in [0.05, 0.1) is 33.8 Å². The number of esters is 1. The van der Waals surface area contributed by atoms with E-state index in [-0.39, 0.29) is 16.8 Å². The van der Waals surface area contributed by atoms with Crippen molar-refractivity contribution in [3.8, 4) is 0 Å². The number of piperidine rings is 1. The molecular formula is C23H24FN3O4S2. The normalized spacial score (nSPS) is 18.4. The smallest absolute Gasteiger partial charge is 0.338 e. The Morgan fingerprint density at radius 3 is 2.52 bits per heavy atom. The van der Waals surface area contributed by atoms with Crippen LogP contribution in [0.2, 0.25) is 0 Å². The molecule has 10 heteroatoms. The second kappa shape index (κ2) is 8.66. The average Bonchev–Trinajstić information content (AvgIpc) is 3.18. The number of fused-ring (bicyclic) bond motifs is 1. The van der Waals surface area contributed by atoms with Gasteiger partial charge in [-0.3, -0.25) is 0 Å². The second-order valence-corrected chi connectivity index (χ2v) is 11.6. The van der Waals surface area contributed by atoms with Gasteiger partial charge in [-0.15, -0.1) is 0 Å². The Labute approximate surface area is 195 Å². The summed E-state index contributed by atoms with van der Waals surface area (Å²) >= 11 is 1.40. The van der Waals surface area contributed by atoms with Crippen molar-refractivity contribution in [1.29, 1.82) is 0 Å². The summed E-state index contributed by atoms with van der Waals surface area (Å²) in [7, 11) is -3.55. The SMILES string of the molecule is CC1CCN(S(=O)(=O)c2ccc(C(=O)OC3CN(c4nc5ccc(F)cc5s4)C3)cc2)CC1. The summed E-state index contributed by atoms with van der Waals surface area (Å²) in [4.78, 5) is 19.2. The van der Waals surface area contributed by atoms with Gasteiger partial charge in [-0.05, 0) is 61.2 Å². The van der Waals surface area contributed by atoms with E-state index in [1.165, 1.54) is 52.0 Å². The third-order valence-electron chi connectivity index (χ3n) is 6.20. The first-order valence-corrected chi connectivity index (χ1v) is 13.2. The minimum absolute atomic E-state index is 0.190. The number of ether oxygens (including phenoxy) is 1. The molecule has 0 amide bonds. The van der Waals surface area contributed by atoms with Gasteiger partial charge in [0, 0.05) is 13.1 Å². The molecule has 0 atom stereocenters. The summed E-state index contributed by atoms with van der Waals surface area (Å²) in [6, 6.07) is 10.4. The van der Waals surface area contributed by atoms with E-state index in [2.05, 4.69) is 11.9 Å². The van der Waals surface area contributed by atoms with E-state index in [1.54, 1.807) is 6.07 Å². The maximum Gasteiger partial charge on any atom is 0.338 e. The van der Waals surface area contributed by atoms with E-state index < -0.39 is 16.0 Å². The zero-order valence-corrected chi connectivity index (χ0v) is 19.7. The molecule has 0 saturated carbocycles. The molecule has 174 valence electrons. The van der Waals surface area contributed by atoms with Gasteiger partial charge in [-0.1, -0.05) is 18.3 Å². The van der Waals surface area contributed by atoms with Crippen LogP contribution in [0.1, 0.15) is 30.1 Å². The number of nitrogens with zero attached hydrogens (tertiary/aromatic N) is 3. The topological polar surface area (TPSA) is 79.8 Å². The van der Waals surface area contributed by atoms with Crippen molar-refractivity contribution in [3.63, 3.8) is 0 Å². The van der Waals surface area contributed by atoms with Crippen LogP contribution in [0, 0.1) is 11.7 Å². The van der Waals surface area contributed by atoms with Crippen molar-refractivity contribution in [2.24, 2.45) is 5.92 Å². The first kappa shape index (κ1) is 22.2. The van der Waals surface area contributed by atoms with Crippen LogP contribution in [0.5, 0.6) is 0 Å². The first-order chi connectivity index (χ1) is 15.8. The van der Waals surface area contributed by atoms with E-state index in [0.717, 1.165) is 28.2 Å². The van der Waals surface area contributed by atoms with Gasteiger partial charge in [-0.2, -0.15) is 4.31 Å². The Balaban J connectivity index is 1.18. The van der Waals surface area contributed by atoms with Crippen molar-refractivity contribution < 1.29 is 22.3 Å². The third kappa shape index (κ3) is 4.47. The largest absolute Gasteiger partial charge is 0.455 e. The summed E-state index contributed by atoms with van der Waals surface area (Å²) < 4.78 is 46.9. The fourth-order valence-electron chi connectivity index (χ4n) is 4.05. The number of carbonyl (C=O) groups is 1. The predicted molar refractivity (Wildman–Crippen MR) is 125 cm³/mol. The summed E-state index contributed by atoms with van der Waals surface area (Å²) in [5, 5.41) is 0.768. The van der Waals surface area contributed by atoms with Gasteiger partial charge >= 0.3 is 5.97 Å². The number of halogens is 1. The Kier molecular flexibility index (Phi) is 5.84. The van der Waals surface area contributed by atoms with Crippen LogP contribution in [0.25, 0.3) is 10.2 Å². The molecular weight excluding hydrogens is 465 g/mol. The molecule has 3 aromatic rings. The highest BCUT2D eigenvalue weighted by Gasteiger charge is 2.33. The molecule has 0 aliphatic carbocycles. The molecule has 0 spiro atoms. The number of hydrogen-bond acceptors (Lipinski definition) is 7. The van der Waals surface area contributed by atoms with Gasteiger partial charge in [0.2, 0.25) is 10.0 Å². The lowest BCUT2D eigenvalue weighted by Crippen LogP contribution is -2.53. The van der Waals surface area contributed by atoms with Crippen LogP contribution < -0.4 is 4.90 Å².